The van der Waals surface area contributed by atoms with Crippen molar-refractivity contribution in [1.82, 2.24) is 5.32 Å². The summed E-state index contributed by atoms with van der Waals surface area (Å²) in [7, 11) is 3.12. The lowest BCUT2D eigenvalue weighted by Gasteiger charge is -2.29. The summed E-state index contributed by atoms with van der Waals surface area (Å²) in [4.78, 5) is 27.2. The minimum atomic E-state index is -0.566. The molecule has 1 aliphatic heterocycles. The number of nitrogens with zero attached hydrogens (tertiary/aromatic N) is 1. The average Bonchev–Trinajstić information content (AvgIpc) is 2.77. The first-order chi connectivity index (χ1) is 15.4. The van der Waals surface area contributed by atoms with Crippen molar-refractivity contribution in [2.45, 2.75) is 13.3 Å². The topological polar surface area (TPSA) is 77.1 Å². The van der Waals surface area contributed by atoms with Crippen molar-refractivity contribution in [1.29, 1.82) is 0 Å². The summed E-state index contributed by atoms with van der Waals surface area (Å²) in [5.41, 5.74) is 1.91. The van der Waals surface area contributed by atoms with Crippen LogP contribution in [-0.4, -0.2) is 37.8 Å². The average molecular weight is 453 g/mol. The second-order valence-corrected chi connectivity index (χ2v) is 7.18. The molecule has 0 radical (unpaired) electrons. The molecule has 0 aliphatic carbocycles. The Kier molecular flexibility index (Phi) is 7.27. The van der Waals surface area contributed by atoms with Gasteiger partial charge in [-0.1, -0.05) is 6.08 Å². The molecule has 8 heteroatoms. The van der Waals surface area contributed by atoms with E-state index >= 15 is 0 Å². The molecule has 7 nitrogen and oxygen atoms in total. The largest absolute Gasteiger partial charge is 0.497 e. The molecule has 0 aromatic heterocycles. The van der Waals surface area contributed by atoms with E-state index in [1.165, 1.54) is 11.0 Å². The maximum Gasteiger partial charge on any atom is 0.270 e. The van der Waals surface area contributed by atoms with Gasteiger partial charge in [0.15, 0.2) is 16.6 Å². The molecule has 1 N–H and O–H groups in total. The second kappa shape index (κ2) is 10.1. The van der Waals surface area contributed by atoms with Crippen LogP contribution >= 0.6 is 12.2 Å². The Bertz CT molecular complexity index is 1090. The molecular weight excluding hydrogens is 428 g/mol. The van der Waals surface area contributed by atoms with E-state index in [0.717, 1.165) is 5.56 Å². The van der Waals surface area contributed by atoms with Crippen LogP contribution in [0.1, 0.15) is 18.1 Å². The number of methoxy groups -OCH3 is 2. The number of allylic oxidation sites excluding steroid dienone is 1. The number of ether oxygens (including phenoxy) is 3. The van der Waals surface area contributed by atoms with Gasteiger partial charge in [-0.15, -0.1) is 6.58 Å². The monoisotopic (exact) mass is 452 g/mol. The molecule has 1 saturated heterocycles. The number of carbonyl (C=O) groups excluding carboxylic acids is 2. The van der Waals surface area contributed by atoms with E-state index in [-0.39, 0.29) is 10.7 Å². The lowest BCUT2D eigenvalue weighted by atomic mass is 10.0. The van der Waals surface area contributed by atoms with Gasteiger partial charge in [0.25, 0.3) is 11.8 Å². The van der Waals surface area contributed by atoms with Crippen LogP contribution in [0, 0.1) is 0 Å². The number of benzene rings is 2. The third-order valence-corrected chi connectivity index (χ3v) is 5.05. The smallest absolute Gasteiger partial charge is 0.270 e. The number of hydrogen-bond acceptors (Lipinski definition) is 6. The van der Waals surface area contributed by atoms with E-state index < -0.39 is 11.8 Å². The summed E-state index contributed by atoms with van der Waals surface area (Å²) in [5, 5.41) is 2.60. The highest BCUT2D eigenvalue weighted by Gasteiger charge is 2.34. The van der Waals surface area contributed by atoms with Gasteiger partial charge in [-0.05, 0) is 73.6 Å². The summed E-state index contributed by atoms with van der Waals surface area (Å²) < 4.78 is 16.4. The third-order valence-electron chi connectivity index (χ3n) is 4.77. The first kappa shape index (κ1) is 23.0. The lowest BCUT2D eigenvalue weighted by molar-refractivity contribution is -0.122. The number of carbonyl (C=O) groups is 2. The predicted octanol–water partition coefficient (Wildman–Crippen LogP) is 3.66. The van der Waals surface area contributed by atoms with Gasteiger partial charge in [0.2, 0.25) is 0 Å². The zero-order chi connectivity index (χ0) is 23.3. The standard InChI is InChI=1S/C24H24N2O5S/c1-5-7-16-12-15(14-20(31-6-2)21(16)30-4)13-19-22(27)25-24(32)26(23(19)28)17-8-10-18(29-3)11-9-17/h5,8-14H,1,6-7H2,2-4H3,(H,25,27,32)/b19-13+. The van der Waals surface area contributed by atoms with Gasteiger partial charge in [-0.2, -0.15) is 0 Å². The van der Waals surface area contributed by atoms with E-state index in [1.54, 1.807) is 50.6 Å². The molecule has 1 aliphatic rings. The van der Waals surface area contributed by atoms with Crippen LogP contribution in [0.4, 0.5) is 5.69 Å². The highest BCUT2D eigenvalue weighted by Crippen LogP contribution is 2.34. The zero-order valence-corrected chi connectivity index (χ0v) is 19.0. The maximum atomic E-state index is 13.3. The molecule has 2 amide bonds. The van der Waals surface area contributed by atoms with E-state index in [1.807, 2.05) is 13.0 Å². The number of amides is 2. The molecule has 32 heavy (non-hydrogen) atoms. The number of thiocarbonyl (C=S) groups is 1. The second-order valence-electron chi connectivity index (χ2n) is 6.79. The van der Waals surface area contributed by atoms with E-state index in [2.05, 4.69) is 11.9 Å². The fourth-order valence-corrected chi connectivity index (χ4v) is 3.64. The normalized spacial score (nSPS) is 14.9. The van der Waals surface area contributed by atoms with Crippen molar-refractivity contribution in [3.05, 3.63) is 65.8 Å². The molecule has 0 unspecified atom stereocenters. The molecule has 1 fully saturated rings. The molecule has 2 aromatic rings. The first-order valence-electron chi connectivity index (χ1n) is 9.93. The Balaban J connectivity index is 2.05. The number of anilines is 1. The van der Waals surface area contributed by atoms with Gasteiger partial charge in [-0.3, -0.25) is 19.8 Å². The predicted molar refractivity (Wildman–Crippen MR) is 127 cm³/mol. The number of nitrogens with one attached hydrogen (secondary N) is 1. The zero-order valence-electron chi connectivity index (χ0n) is 18.1. The molecule has 0 spiro atoms. The molecule has 3 rings (SSSR count). The van der Waals surface area contributed by atoms with Crippen LogP contribution in [0.2, 0.25) is 0 Å². The number of rotatable bonds is 8. The van der Waals surface area contributed by atoms with Crippen LogP contribution in [-0.2, 0) is 16.0 Å². The quantitative estimate of drug-likeness (QED) is 0.285. The molecule has 0 saturated carbocycles. The van der Waals surface area contributed by atoms with Crippen LogP contribution in [0.5, 0.6) is 17.2 Å². The van der Waals surface area contributed by atoms with Gasteiger partial charge in [-0.25, -0.2) is 0 Å². The van der Waals surface area contributed by atoms with Crippen LogP contribution in [0.3, 0.4) is 0 Å². The molecule has 166 valence electrons. The van der Waals surface area contributed by atoms with Gasteiger partial charge in [0.05, 0.1) is 26.5 Å². The SMILES string of the molecule is C=CCc1cc(/C=C2\C(=O)NC(=S)N(c3ccc(OC)cc3)C2=O)cc(OCC)c1OC. The van der Waals surface area contributed by atoms with Crippen LogP contribution < -0.4 is 24.4 Å². The van der Waals surface area contributed by atoms with Crippen molar-refractivity contribution < 1.29 is 23.8 Å². The minimum absolute atomic E-state index is 0.0133. The summed E-state index contributed by atoms with van der Waals surface area (Å²) >= 11 is 5.25. The molecule has 2 aromatic carbocycles. The van der Waals surface area contributed by atoms with Gasteiger partial charge < -0.3 is 14.2 Å². The summed E-state index contributed by atoms with van der Waals surface area (Å²) in [5.74, 6) is 0.661. The maximum absolute atomic E-state index is 13.3. The fraction of sp³-hybridized carbons (Fsp3) is 0.208. The van der Waals surface area contributed by atoms with Crippen molar-refractivity contribution >= 4 is 40.9 Å². The Morgan fingerprint density at radius 1 is 1.12 bits per heavy atom. The van der Waals surface area contributed by atoms with Gasteiger partial charge >= 0.3 is 0 Å². The van der Waals surface area contributed by atoms with Gasteiger partial charge in [0, 0.05) is 5.56 Å². The summed E-state index contributed by atoms with van der Waals surface area (Å²) in [6, 6.07) is 10.4. The van der Waals surface area contributed by atoms with Crippen molar-refractivity contribution in [2.24, 2.45) is 0 Å². The molecule has 0 bridgehead atoms. The highest BCUT2D eigenvalue weighted by atomic mass is 32.1. The van der Waals surface area contributed by atoms with Crippen LogP contribution in [0.15, 0.2) is 54.6 Å². The Hall–Kier alpha value is -3.65. The highest BCUT2D eigenvalue weighted by molar-refractivity contribution is 7.80. The lowest BCUT2D eigenvalue weighted by Crippen LogP contribution is -2.54. The summed E-state index contributed by atoms with van der Waals surface area (Å²) in [6.45, 7) is 6.08. The third kappa shape index (κ3) is 4.65. The first-order valence-corrected chi connectivity index (χ1v) is 10.3. The molecule has 1 heterocycles. The Morgan fingerprint density at radius 2 is 1.84 bits per heavy atom. The van der Waals surface area contributed by atoms with E-state index in [4.69, 9.17) is 26.4 Å². The van der Waals surface area contributed by atoms with Gasteiger partial charge in [0.1, 0.15) is 11.3 Å². The van der Waals surface area contributed by atoms with Crippen LogP contribution in [0.25, 0.3) is 6.08 Å². The van der Waals surface area contributed by atoms with Crippen molar-refractivity contribution in [2.75, 3.05) is 25.7 Å². The van der Waals surface area contributed by atoms with Crippen molar-refractivity contribution in [3.8, 4) is 17.2 Å². The van der Waals surface area contributed by atoms with Crippen molar-refractivity contribution in [3.63, 3.8) is 0 Å². The minimum Gasteiger partial charge on any atom is -0.497 e. The van der Waals surface area contributed by atoms with E-state index in [9.17, 15) is 9.59 Å². The van der Waals surface area contributed by atoms with E-state index in [0.29, 0.717) is 41.5 Å². The summed E-state index contributed by atoms with van der Waals surface area (Å²) in [6.07, 6.45) is 3.79. The molecule has 0 atom stereocenters. The fourth-order valence-electron chi connectivity index (χ4n) is 3.36. The number of hydrogen-bond donors (Lipinski definition) is 1. The molecular formula is C24H24N2O5S. The Morgan fingerprint density at radius 3 is 2.44 bits per heavy atom. The Labute approximate surface area is 192 Å².